The average molecular weight is 429 g/mol. The van der Waals surface area contributed by atoms with Crippen molar-refractivity contribution in [1.82, 2.24) is 0 Å². The summed E-state index contributed by atoms with van der Waals surface area (Å²) in [6.07, 6.45) is 0.715. The van der Waals surface area contributed by atoms with Crippen LogP contribution in [0.2, 0.25) is 0 Å². The highest BCUT2D eigenvalue weighted by molar-refractivity contribution is 6.53. The van der Waals surface area contributed by atoms with Gasteiger partial charge in [-0.15, -0.1) is 0 Å². The summed E-state index contributed by atoms with van der Waals surface area (Å²) < 4.78 is 10.6. The molecule has 0 bridgehead atoms. The summed E-state index contributed by atoms with van der Waals surface area (Å²) in [5, 5.41) is 2.69. The van der Waals surface area contributed by atoms with Crippen LogP contribution in [0.25, 0.3) is 0 Å². The van der Waals surface area contributed by atoms with E-state index in [0.29, 0.717) is 42.3 Å². The van der Waals surface area contributed by atoms with Crippen molar-refractivity contribution in [2.45, 2.75) is 20.3 Å². The Bertz CT molecular complexity index is 1000. The third-order valence-electron chi connectivity index (χ3n) is 4.27. The van der Waals surface area contributed by atoms with E-state index in [0.717, 1.165) is 4.90 Å². The minimum absolute atomic E-state index is 0.0414. The zero-order valence-electron chi connectivity index (χ0n) is 16.6. The number of hydrogen-bond donors (Lipinski definition) is 1. The van der Waals surface area contributed by atoms with Crippen LogP contribution < -0.4 is 15.0 Å². The first-order valence-electron chi connectivity index (χ1n) is 9.52. The number of nitrogens with zero attached hydrogens (tertiary/aromatic N) is 1. The Morgan fingerprint density at radius 3 is 2.40 bits per heavy atom. The van der Waals surface area contributed by atoms with Gasteiger partial charge in [0.05, 0.1) is 30.2 Å². The second-order valence-corrected chi connectivity index (χ2v) is 6.75. The van der Waals surface area contributed by atoms with Crippen LogP contribution in [0.15, 0.2) is 59.3 Å². The molecule has 0 unspecified atom stereocenters. The number of carbonyl (C=O) groups excluding carboxylic acids is 3. The predicted octanol–water partition coefficient (Wildman–Crippen LogP) is 4.09. The summed E-state index contributed by atoms with van der Waals surface area (Å²) in [6.45, 7) is 4.51. The second kappa shape index (κ2) is 9.45. The fraction of sp³-hybridized carbons (Fsp3) is 0.227. The number of ether oxygens (including phenoxy) is 2. The molecule has 2 aromatic rings. The van der Waals surface area contributed by atoms with Crippen molar-refractivity contribution in [1.29, 1.82) is 0 Å². The zero-order valence-corrected chi connectivity index (χ0v) is 17.4. The van der Waals surface area contributed by atoms with Gasteiger partial charge >= 0.3 is 5.97 Å². The summed E-state index contributed by atoms with van der Waals surface area (Å²) >= 11 is 6.18. The van der Waals surface area contributed by atoms with Gasteiger partial charge in [0.1, 0.15) is 16.5 Å². The number of rotatable bonds is 8. The Balaban J connectivity index is 1.81. The topological polar surface area (TPSA) is 84.9 Å². The van der Waals surface area contributed by atoms with Gasteiger partial charge in [0.25, 0.3) is 11.8 Å². The molecule has 1 aliphatic rings. The molecule has 0 saturated heterocycles. The van der Waals surface area contributed by atoms with Gasteiger partial charge in [-0.3, -0.25) is 9.59 Å². The number of benzene rings is 2. The maximum Gasteiger partial charge on any atom is 0.338 e. The van der Waals surface area contributed by atoms with Crippen molar-refractivity contribution in [3.63, 3.8) is 0 Å². The van der Waals surface area contributed by atoms with Crippen molar-refractivity contribution in [3.8, 4) is 5.75 Å². The van der Waals surface area contributed by atoms with Crippen LogP contribution in [0, 0.1) is 0 Å². The Kier molecular flexibility index (Phi) is 6.74. The van der Waals surface area contributed by atoms with Crippen LogP contribution >= 0.6 is 11.6 Å². The molecule has 156 valence electrons. The normalized spacial score (nSPS) is 13.6. The van der Waals surface area contributed by atoms with Crippen LogP contribution in [-0.2, 0) is 14.3 Å². The van der Waals surface area contributed by atoms with Crippen molar-refractivity contribution in [3.05, 3.63) is 64.8 Å². The van der Waals surface area contributed by atoms with E-state index in [9.17, 15) is 14.4 Å². The molecule has 0 radical (unpaired) electrons. The van der Waals surface area contributed by atoms with E-state index < -0.39 is 17.8 Å². The third kappa shape index (κ3) is 4.31. The number of para-hydroxylation sites is 2. The predicted molar refractivity (Wildman–Crippen MR) is 114 cm³/mol. The van der Waals surface area contributed by atoms with Crippen LogP contribution in [0.1, 0.15) is 30.6 Å². The molecule has 0 atom stereocenters. The number of anilines is 2. The molecule has 1 heterocycles. The number of carbonyl (C=O) groups is 3. The van der Waals surface area contributed by atoms with E-state index in [-0.39, 0.29) is 10.7 Å². The lowest BCUT2D eigenvalue weighted by molar-refractivity contribution is -0.120. The Labute approximate surface area is 179 Å². The van der Waals surface area contributed by atoms with Crippen LogP contribution in [0.4, 0.5) is 11.4 Å². The highest BCUT2D eigenvalue weighted by Gasteiger charge is 2.39. The molecule has 2 amide bonds. The molecule has 1 aliphatic heterocycles. The van der Waals surface area contributed by atoms with Crippen molar-refractivity contribution >= 4 is 40.8 Å². The van der Waals surface area contributed by atoms with Crippen LogP contribution in [0.5, 0.6) is 5.75 Å². The molecule has 1 N–H and O–H groups in total. The summed E-state index contributed by atoms with van der Waals surface area (Å²) in [5.41, 5.74) is 1.10. The van der Waals surface area contributed by atoms with E-state index in [1.807, 2.05) is 13.8 Å². The van der Waals surface area contributed by atoms with E-state index in [2.05, 4.69) is 5.32 Å². The van der Waals surface area contributed by atoms with Crippen LogP contribution in [0.3, 0.4) is 0 Å². The highest BCUT2D eigenvalue weighted by atomic mass is 35.5. The summed E-state index contributed by atoms with van der Waals surface area (Å²) in [4.78, 5) is 38.5. The molecule has 7 nitrogen and oxygen atoms in total. The minimum Gasteiger partial charge on any atom is -0.492 e. The standard InChI is InChI=1S/C22H21ClN2O5/c1-3-13-30-22(28)14-9-11-15(12-10-14)25-20(26)18(23)19(21(25)27)24-16-7-5-6-8-17(16)29-4-2/h5-12,24H,3-4,13H2,1-2H3. The number of hydrogen-bond acceptors (Lipinski definition) is 6. The lowest BCUT2D eigenvalue weighted by atomic mass is 10.2. The van der Waals surface area contributed by atoms with Gasteiger partial charge in [-0.1, -0.05) is 30.7 Å². The molecule has 0 spiro atoms. The molecule has 0 aromatic heterocycles. The van der Waals surface area contributed by atoms with E-state index in [1.54, 1.807) is 24.3 Å². The zero-order chi connectivity index (χ0) is 21.7. The molecular formula is C22H21ClN2O5. The van der Waals surface area contributed by atoms with Crippen molar-refractivity contribution < 1.29 is 23.9 Å². The second-order valence-electron chi connectivity index (χ2n) is 6.37. The lowest BCUT2D eigenvalue weighted by Crippen LogP contribution is -2.32. The third-order valence-corrected chi connectivity index (χ3v) is 4.62. The fourth-order valence-electron chi connectivity index (χ4n) is 2.86. The smallest absolute Gasteiger partial charge is 0.338 e. The molecule has 0 saturated carbocycles. The van der Waals surface area contributed by atoms with E-state index in [4.69, 9.17) is 21.1 Å². The first-order chi connectivity index (χ1) is 14.5. The van der Waals surface area contributed by atoms with Gasteiger partial charge in [-0.25, -0.2) is 9.69 Å². The molecule has 30 heavy (non-hydrogen) atoms. The molecule has 0 fully saturated rings. The SMILES string of the molecule is CCCOC(=O)c1ccc(N2C(=O)C(Cl)=C(Nc3ccccc3OCC)C2=O)cc1. The quantitative estimate of drug-likeness (QED) is 0.503. The first-order valence-corrected chi connectivity index (χ1v) is 9.90. The molecule has 3 rings (SSSR count). The van der Waals surface area contributed by atoms with Gasteiger partial charge in [-0.05, 0) is 49.7 Å². The largest absolute Gasteiger partial charge is 0.492 e. The van der Waals surface area contributed by atoms with Crippen molar-refractivity contribution in [2.75, 3.05) is 23.4 Å². The van der Waals surface area contributed by atoms with Gasteiger partial charge in [0, 0.05) is 0 Å². The maximum atomic E-state index is 12.9. The molecule has 8 heteroatoms. The van der Waals surface area contributed by atoms with Gasteiger partial charge in [-0.2, -0.15) is 0 Å². The van der Waals surface area contributed by atoms with E-state index in [1.165, 1.54) is 24.3 Å². The fourth-order valence-corrected chi connectivity index (χ4v) is 3.07. The lowest BCUT2D eigenvalue weighted by Gasteiger charge is -2.16. The number of nitrogens with one attached hydrogen (secondary N) is 1. The van der Waals surface area contributed by atoms with Crippen LogP contribution in [-0.4, -0.2) is 31.0 Å². The maximum absolute atomic E-state index is 12.9. The summed E-state index contributed by atoms with van der Waals surface area (Å²) in [6, 6.07) is 13.0. The Hall–Kier alpha value is -3.32. The number of halogens is 1. The number of amides is 2. The Morgan fingerprint density at radius 1 is 1.03 bits per heavy atom. The first kappa shape index (κ1) is 21.4. The molecular weight excluding hydrogens is 408 g/mol. The highest BCUT2D eigenvalue weighted by Crippen LogP contribution is 2.33. The van der Waals surface area contributed by atoms with Gasteiger partial charge < -0.3 is 14.8 Å². The Morgan fingerprint density at radius 2 is 1.73 bits per heavy atom. The minimum atomic E-state index is -0.653. The summed E-state index contributed by atoms with van der Waals surface area (Å²) in [7, 11) is 0. The van der Waals surface area contributed by atoms with Crippen molar-refractivity contribution in [2.24, 2.45) is 0 Å². The molecule has 0 aliphatic carbocycles. The average Bonchev–Trinajstić information content (AvgIpc) is 2.97. The molecule has 2 aromatic carbocycles. The van der Waals surface area contributed by atoms with Gasteiger partial charge in [0.15, 0.2) is 0 Å². The van der Waals surface area contributed by atoms with Gasteiger partial charge in [0.2, 0.25) is 0 Å². The van der Waals surface area contributed by atoms with E-state index >= 15 is 0 Å². The summed E-state index contributed by atoms with van der Waals surface area (Å²) in [5.74, 6) is -1.18. The number of esters is 1. The number of imide groups is 1. The monoisotopic (exact) mass is 428 g/mol.